The molecule has 8 nitrogen and oxygen atoms in total. The maximum absolute atomic E-state index is 14.4. The summed E-state index contributed by atoms with van der Waals surface area (Å²) < 4.78 is 10.7. The van der Waals surface area contributed by atoms with E-state index in [2.05, 4.69) is 10.6 Å². The average Bonchev–Trinajstić information content (AvgIpc) is 2.81. The van der Waals surface area contributed by atoms with Gasteiger partial charge in [0.05, 0.1) is 7.11 Å². The first kappa shape index (κ1) is 32.7. The molecule has 2 aromatic carbocycles. The van der Waals surface area contributed by atoms with Crippen LogP contribution in [0.5, 0.6) is 5.75 Å². The predicted octanol–water partition coefficient (Wildman–Crippen LogP) is 6.56. The van der Waals surface area contributed by atoms with E-state index < -0.39 is 29.3 Å². The van der Waals surface area contributed by atoms with E-state index in [-0.39, 0.29) is 17.7 Å². The van der Waals surface area contributed by atoms with Gasteiger partial charge in [-0.05, 0) is 103 Å². The fraction of sp³-hybridized carbons (Fsp3) is 0.531. The van der Waals surface area contributed by atoms with Crippen molar-refractivity contribution in [1.82, 2.24) is 10.2 Å². The Morgan fingerprint density at radius 1 is 0.925 bits per heavy atom. The number of carbonyl (C=O) groups is 3. The van der Waals surface area contributed by atoms with Crippen molar-refractivity contribution >= 4 is 23.6 Å². The summed E-state index contributed by atoms with van der Waals surface area (Å²) in [6, 6.07) is 11.0. The van der Waals surface area contributed by atoms with Gasteiger partial charge in [0.2, 0.25) is 5.91 Å². The van der Waals surface area contributed by atoms with Crippen LogP contribution >= 0.6 is 0 Å². The van der Waals surface area contributed by atoms with Crippen molar-refractivity contribution in [3.8, 4) is 5.75 Å². The van der Waals surface area contributed by atoms with Crippen molar-refractivity contribution in [3.63, 3.8) is 0 Å². The molecule has 3 amide bonds. The van der Waals surface area contributed by atoms with Crippen molar-refractivity contribution < 1.29 is 23.9 Å². The SMILES string of the molecule is COc1ccc(NC(=O)C(c2cc(C)ccc2C)N(C(=O)C(CC(C)C)NC(=O)OC(C)(C)C)C(C)(C)C)cc1. The van der Waals surface area contributed by atoms with E-state index in [4.69, 9.17) is 9.47 Å². The highest BCUT2D eigenvalue weighted by molar-refractivity contribution is 5.99. The molecule has 2 rings (SSSR count). The number of hydrogen-bond acceptors (Lipinski definition) is 5. The number of ether oxygens (including phenoxy) is 2. The second kappa shape index (κ2) is 13.2. The van der Waals surface area contributed by atoms with Crippen LogP contribution in [-0.4, -0.2) is 47.1 Å². The minimum atomic E-state index is -0.968. The van der Waals surface area contributed by atoms with Gasteiger partial charge in [-0.1, -0.05) is 37.6 Å². The zero-order valence-corrected chi connectivity index (χ0v) is 26.0. The number of rotatable bonds is 9. The molecule has 0 bridgehead atoms. The van der Waals surface area contributed by atoms with Crippen LogP contribution in [0.1, 0.15) is 84.5 Å². The minimum Gasteiger partial charge on any atom is -0.497 e. The van der Waals surface area contributed by atoms with Crippen LogP contribution in [0.2, 0.25) is 0 Å². The molecule has 8 heteroatoms. The smallest absolute Gasteiger partial charge is 0.408 e. The van der Waals surface area contributed by atoms with E-state index in [0.717, 1.165) is 16.7 Å². The molecule has 0 aliphatic heterocycles. The van der Waals surface area contributed by atoms with Gasteiger partial charge in [-0.15, -0.1) is 0 Å². The van der Waals surface area contributed by atoms with E-state index in [9.17, 15) is 14.4 Å². The van der Waals surface area contributed by atoms with Gasteiger partial charge in [0.25, 0.3) is 5.91 Å². The summed E-state index contributed by atoms with van der Waals surface area (Å²) in [5, 5.41) is 5.79. The van der Waals surface area contributed by atoms with Crippen molar-refractivity contribution in [2.75, 3.05) is 12.4 Å². The third-order valence-electron chi connectivity index (χ3n) is 6.25. The zero-order chi connectivity index (χ0) is 30.4. The largest absolute Gasteiger partial charge is 0.497 e. The van der Waals surface area contributed by atoms with Gasteiger partial charge in [-0.3, -0.25) is 9.59 Å². The monoisotopic (exact) mass is 553 g/mol. The molecule has 2 aromatic rings. The Bertz CT molecular complexity index is 1180. The maximum Gasteiger partial charge on any atom is 0.408 e. The molecule has 0 spiro atoms. The number of amides is 3. The third kappa shape index (κ3) is 9.28. The van der Waals surface area contributed by atoms with Crippen molar-refractivity contribution in [2.45, 2.75) is 98.9 Å². The number of anilines is 1. The first-order valence-corrected chi connectivity index (χ1v) is 13.8. The maximum atomic E-state index is 14.4. The lowest BCUT2D eigenvalue weighted by Crippen LogP contribution is -2.58. The fourth-order valence-corrected chi connectivity index (χ4v) is 4.49. The third-order valence-corrected chi connectivity index (χ3v) is 6.25. The van der Waals surface area contributed by atoms with Gasteiger partial charge in [-0.2, -0.15) is 0 Å². The standard InChI is InChI=1S/C32H47N3O5/c1-20(2)18-26(34-30(38)40-32(8,9)10)29(37)35(31(5,6)7)27(25-19-21(3)12-13-22(25)4)28(36)33-23-14-16-24(39-11)17-15-23/h12-17,19-20,26-27H,18H2,1-11H3,(H,33,36)(H,34,38). The number of nitrogens with zero attached hydrogens (tertiary/aromatic N) is 1. The molecule has 220 valence electrons. The highest BCUT2D eigenvalue weighted by Crippen LogP contribution is 2.34. The highest BCUT2D eigenvalue weighted by atomic mass is 16.6. The number of carbonyl (C=O) groups excluding carboxylic acids is 3. The topological polar surface area (TPSA) is 97.0 Å². The van der Waals surface area contributed by atoms with Gasteiger partial charge >= 0.3 is 6.09 Å². The van der Waals surface area contributed by atoms with Crippen LogP contribution in [0, 0.1) is 19.8 Å². The lowest BCUT2D eigenvalue weighted by molar-refractivity contribution is -0.147. The lowest BCUT2D eigenvalue weighted by Gasteiger charge is -2.43. The minimum absolute atomic E-state index is 0.0954. The van der Waals surface area contributed by atoms with Gasteiger partial charge < -0.3 is 25.0 Å². The van der Waals surface area contributed by atoms with Gasteiger partial charge in [-0.25, -0.2) is 4.79 Å². The molecule has 0 aliphatic carbocycles. The molecule has 0 aromatic heterocycles. The number of nitrogens with one attached hydrogen (secondary N) is 2. The Labute approximate surface area is 239 Å². The van der Waals surface area contributed by atoms with E-state index >= 15 is 0 Å². The normalized spacial score (nSPS) is 13.3. The van der Waals surface area contributed by atoms with E-state index in [1.807, 2.05) is 66.7 Å². The van der Waals surface area contributed by atoms with Crippen molar-refractivity contribution in [1.29, 1.82) is 0 Å². The molecule has 0 saturated heterocycles. The summed E-state index contributed by atoms with van der Waals surface area (Å²) in [7, 11) is 1.58. The Kier molecular flexibility index (Phi) is 10.8. The van der Waals surface area contributed by atoms with Crippen LogP contribution in [0.3, 0.4) is 0 Å². The number of hydrogen-bond donors (Lipinski definition) is 2. The summed E-state index contributed by atoms with van der Waals surface area (Å²) in [4.78, 5) is 43.0. The lowest BCUT2D eigenvalue weighted by atomic mass is 9.91. The molecule has 0 aliphatic rings. The summed E-state index contributed by atoms with van der Waals surface area (Å²) >= 11 is 0. The number of aryl methyl sites for hydroxylation is 2. The molecule has 2 N–H and O–H groups in total. The van der Waals surface area contributed by atoms with Crippen LogP contribution < -0.4 is 15.4 Å². The molecule has 0 fully saturated rings. The fourth-order valence-electron chi connectivity index (χ4n) is 4.49. The molecule has 40 heavy (non-hydrogen) atoms. The molecule has 0 radical (unpaired) electrons. The van der Waals surface area contributed by atoms with Crippen LogP contribution in [0.4, 0.5) is 10.5 Å². The van der Waals surface area contributed by atoms with Gasteiger partial charge in [0.15, 0.2) is 0 Å². The molecule has 2 unspecified atom stereocenters. The molecular formula is C32H47N3O5. The van der Waals surface area contributed by atoms with Crippen LogP contribution in [-0.2, 0) is 14.3 Å². The van der Waals surface area contributed by atoms with Crippen molar-refractivity contribution in [3.05, 3.63) is 59.2 Å². The highest BCUT2D eigenvalue weighted by Gasteiger charge is 2.42. The molecule has 0 heterocycles. The Morgan fingerprint density at radius 3 is 2.02 bits per heavy atom. The van der Waals surface area contributed by atoms with Crippen LogP contribution in [0.25, 0.3) is 0 Å². The molecule has 0 saturated carbocycles. The van der Waals surface area contributed by atoms with E-state index in [1.54, 1.807) is 57.0 Å². The first-order chi connectivity index (χ1) is 18.4. The van der Waals surface area contributed by atoms with Crippen molar-refractivity contribution in [2.24, 2.45) is 5.92 Å². The summed E-state index contributed by atoms with van der Waals surface area (Å²) in [5.74, 6) is 0.0452. The second-order valence-corrected chi connectivity index (χ2v) is 12.7. The second-order valence-electron chi connectivity index (χ2n) is 12.7. The Balaban J connectivity index is 2.63. The quantitative estimate of drug-likeness (QED) is 0.367. The Morgan fingerprint density at radius 2 is 1.52 bits per heavy atom. The number of benzene rings is 2. The summed E-state index contributed by atoms with van der Waals surface area (Å²) in [6.07, 6.45) is -0.295. The van der Waals surface area contributed by atoms with Gasteiger partial charge in [0.1, 0.15) is 23.4 Å². The average molecular weight is 554 g/mol. The predicted molar refractivity (Wildman–Crippen MR) is 159 cm³/mol. The summed E-state index contributed by atoms with van der Waals surface area (Å²) in [5.41, 5.74) is 1.64. The van der Waals surface area contributed by atoms with Gasteiger partial charge in [0, 0.05) is 11.2 Å². The number of methoxy groups -OCH3 is 1. The molecule has 2 atom stereocenters. The Hall–Kier alpha value is -3.55. The van der Waals surface area contributed by atoms with E-state index in [0.29, 0.717) is 17.9 Å². The van der Waals surface area contributed by atoms with E-state index in [1.165, 1.54) is 0 Å². The zero-order valence-electron chi connectivity index (χ0n) is 26.0. The van der Waals surface area contributed by atoms with Crippen LogP contribution in [0.15, 0.2) is 42.5 Å². The number of alkyl carbamates (subject to hydrolysis) is 1. The molecular weight excluding hydrogens is 506 g/mol. The summed E-state index contributed by atoms with van der Waals surface area (Å²) in [6.45, 7) is 18.8. The first-order valence-electron chi connectivity index (χ1n) is 13.8.